The molecule has 0 bridgehead atoms. The smallest absolute Gasteiger partial charge is 0.146 e. The largest absolute Gasteiger partial charge is 0.456 e. The van der Waals surface area contributed by atoms with Crippen LogP contribution in [0.5, 0.6) is 11.5 Å². The maximum atomic E-state index is 6.31. The van der Waals surface area contributed by atoms with Crippen LogP contribution < -0.4 is 10.5 Å². The number of ether oxygens (including phenoxy) is 1. The summed E-state index contributed by atoms with van der Waals surface area (Å²) in [7, 11) is 0. The fourth-order valence-corrected chi connectivity index (χ4v) is 2.43. The van der Waals surface area contributed by atoms with Crippen molar-refractivity contribution in [1.29, 1.82) is 0 Å². The van der Waals surface area contributed by atoms with E-state index < -0.39 is 0 Å². The Labute approximate surface area is 131 Å². The van der Waals surface area contributed by atoms with E-state index in [2.05, 4.69) is 19.9 Å². The first-order valence-electron chi connectivity index (χ1n) is 7.34. The number of rotatable bonds is 5. The van der Waals surface area contributed by atoms with Gasteiger partial charge in [-0.2, -0.15) is 0 Å². The molecule has 0 radical (unpaired) electrons. The van der Waals surface area contributed by atoms with Gasteiger partial charge < -0.3 is 10.5 Å². The van der Waals surface area contributed by atoms with E-state index in [1.807, 2.05) is 43.3 Å². The van der Waals surface area contributed by atoms with Gasteiger partial charge in [-0.1, -0.05) is 49.7 Å². The average Bonchev–Trinajstić information content (AvgIpc) is 2.49. The van der Waals surface area contributed by atoms with Gasteiger partial charge in [0.25, 0.3) is 0 Å². The Hall–Kier alpha value is -1.51. The van der Waals surface area contributed by atoms with Crippen LogP contribution in [0.25, 0.3) is 0 Å². The second-order valence-electron chi connectivity index (χ2n) is 5.43. The van der Waals surface area contributed by atoms with Crippen LogP contribution in [0.3, 0.4) is 0 Å². The lowest BCUT2D eigenvalue weighted by molar-refractivity contribution is 0.470. The summed E-state index contributed by atoms with van der Waals surface area (Å²) in [5.74, 6) is 1.97. The zero-order valence-electron chi connectivity index (χ0n) is 12.8. The molecule has 0 aliphatic heterocycles. The van der Waals surface area contributed by atoms with E-state index in [0.29, 0.717) is 16.7 Å². The number of hydrogen-bond donors (Lipinski definition) is 1. The van der Waals surface area contributed by atoms with Crippen LogP contribution in [0.4, 0.5) is 0 Å². The van der Waals surface area contributed by atoms with Crippen LogP contribution in [0.1, 0.15) is 50.3 Å². The molecule has 0 heterocycles. The average molecular weight is 304 g/mol. The van der Waals surface area contributed by atoms with Crippen molar-refractivity contribution in [2.24, 2.45) is 5.73 Å². The van der Waals surface area contributed by atoms with Gasteiger partial charge in [0.15, 0.2) is 0 Å². The van der Waals surface area contributed by atoms with E-state index in [-0.39, 0.29) is 6.04 Å². The third kappa shape index (κ3) is 3.78. The summed E-state index contributed by atoms with van der Waals surface area (Å²) >= 11 is 6.31. The van der Waals surface area contributed by atoms with Gasteiger partial charge in [-0.25, -0.2) is 0 Å². The summed E-state index contributed by atoms with van der Waals surface area (Å²) in [6, 6.07) is 13.8. The van der Waals surface area contributed by atoms with Crippen molar-refractivity contribution in [1.82, 2.24) is 0 Å². The zero-order valence-corrected chi connectivity index (χ0v) is 13.5. The lowest BCUT2D eigenvalue weighted by Gasteiger charge is -2.16. The minimum absolute atomic E-state index is 0.0380. The van der Waals surface area contributed by atoms with Crippen LogP contribution >= 0.6 is 11.6 Å². The second-order valence-corrected chi connectivity index (χ2v) is 5.83. The molecule has 1 unspecified atom stereocenters. The monoisotopic (exact) mass is 303 g/mol. The Morgan fingerprint density at radius 2 is 1.81 bits per heavy atom. The van der Waals surface area contributed by atoms with Crippen LogP contribution in [0, 0.1) is 0 Å². The molecule has 2 nitrogen and oxygen atoms in total. The molecule has 2 rings (SSSR count). The zero-order chi connectivity index (χ0) is 15.4. The lowest BCUT2D eigenvalue weighted by Crippen LogP contribution is -2.04. The van der Waals surface area contributed by atoms with E-state index in [1.165, 1.54) is 5.56 Å². The quantitative estimate of drug-likeness (QED) is 0.773. The van der Waals surface area contributed by atoms with Crippen LogP contribution in [0.2, 0.25) is 5.02 Å². The fourth-order valence-electron chi connectivity index (χ4n) is 2.20. The summed E-state index contributed by atoms with van der Waals surface area (Å²) in [4.78, 5) is 0. The first-order valence-corrected chi connectivity index (χ1v) is 7.72. The van der Waals surface area contributed by atoms with Gasteiger partial charge in [0.2, 0.25) is 0 Å². The second kappa shape index (κ2) is 6.97. The Morgan fingerprint density at radius 1 is 1.10 bits per heavy atom. The SMILES string of the molecule is CCC(C)c1ccccc1Oc1ccc([C@H](C)N)cc1Cl. The van der Waals surface area contributed by atoms with Gasteiger partial charge in [-0.3, -0.25) is 0 Å². The molecule has 3 heteroatoms. The summed E-state index contributed by atoms with van der Waals surface area (Å²) in [6.45, 7) is 6.30. The summed E-state index contributed by atoms with van der Waals surface area (Å²) < 4.78 is 6.03. The van der Waals surface area contributed by atoms with E-state index in [1.54, 1.807) is 0 Å². The molecule has 2 atom stereocenters. The van der Waals surface area contributed by atoms with Crippen molar-refractivity contribution in [2.45, 2.75) is 39.2 Å². The first kappa shape index (κ1) is 15.9. The molecule has 0 amide bonds. The molecule has 112 valence electrons. The maximum Gasteiger partial charge on any atom is 0.146 e. The van der Waals surface area contributed by atoms with Crippen molar-refractivity contribution in [3.05, 3.63) is 58.6 Å². The standard InChI is InChI=1S/C18H22ClNO/c1-4-12(2)15-7-5-6-8-17(15)21-18-10-9-14(13(3)20)11-16(18)19/h5-13H,4,20H2,1-3H3/t12?,13-/m0/s1. The Bertz CT molecular complexity index is 610. The molecule has 0 aliphatic rings. The molecule has 2 aromatic carbocycles. The normalized spacial score (nSPS) is 13.8. The van der Waals surface area contributed by atoms with Gasteiger partial charge in [0, 0.05) is 6.04 Å². The van der Waals surface area contributed by atoms with E-state index in [4.69, 9.17) is 22.1 Å². The molecule has 0 aliphatic carbocycles. The van der Waals surface area contributed by atoms with Gasteiger partial charge in [-0.15, -0.1) is 0 Å². The maximum absolute atomic E-state index is 6.31. The highest BCUT2D eigenvalue weighted by Crippen LogP contribution is 2.35. The minimum Gasteiger partial charge on any atom is -0.456 e. The van der Waals surface area contributed by atoms with Crippen LogP contribution in [-0.2, 0) is 0 Å². The van der Waals surface area contributed by atoms with Gasteiger partial charge >= 0.3 is 0 Å². The highest BCUT2D eigenvalue weighted by molar-refractivity contribution is 6.32. The number of hydrogen-bond acceptors (Lipinski definition) is 2. The number of nitrogens with two attached hydrogens (primary N) is 1. The van der Waals surface area contributed by atoms with E-state index in [9.17, 15) is 0 Å². The highest BCUT2D eigenvalue weighted by atomic mass is 35.5. The third-order valence-corrected chi connectivity index (χ3v) is 4.06. The minimum atomic E-state index is -0.0380. The van der Waals surface area contributed by atoms with E-state index in [0.717, 1.165) is 17.7 Å². The number of halogens is 1. The fraction of sp³-hybridized carbons (Fsp3) is 0.333. The molecule has 2 N–H and O–H groups in total. The number of benzene rings is 2. The van der Waals surface area contributed by atoms with Crippen molar-refractivity contribution in [3.63, 3.8) is 0 Å². The predicted octanol–water partition coefficient (Wildman–Crippen LogP) is 5.67. The molecular weight excluding hydrogens is 282 g/mol. The summed E-state index contributed by atoms with van der Waals surface area (Å²) in [5.41, 5.74) is 8.07. The van der Waals surface area contributed by atoms with Gasteiger partial charge in [-0.05, 0) is 48.6 Å². The summed E-state index contributed by atoms with van der Waals surface area (Å²) in [5, 5.41) is 0.587. The molecular formula is C18H22ClNO. The third-order valence-electron chi connectivity index (χ3n) is 3.76. The molecule has 21 heavy (non-hydrogen) atoms. The van der Waals surface area contributed by atoms with Gasteiger partial charge in [0.1, 0.15) is 11.5 Å². The van der Waals surface area contributed by atoms with Crippen molar-refractivity contribution in [3.8, 4) is 11.5 Å². The Balaban J connectivity index is 2.30. The van der Waals surface area contributed by atoms with E-state index >= 15 is 0 Å². The Kier molecular flexibility index (Phi) is 5.27. The molecule has 2 aromatic rings. The Morgan fingerprint density at radius 3 is 2.43 bits per heavy atom. The van der Waals surface area contributed by atoms with Crippen LogP contribution in [0.15, 0.2) is 42.5 Å². The van der Waals surface area contributed by atoms with Crippen LogP contribution in [-0.4, -0.2) is 0 Å². The van der Waals surface area contributed by atoms with Crippen molar-refractivity contribution >= 4 is 11.6 Å². The van der Waals surface area contributed by atoms with Crippen molar-refractivity contribution < 1.29 is 4.74 Å². The lowest BCUT2D eigenvalue weighted by atomic mass is 9.98. The molecule has 0 saturated heterocycles. The topological polar surface area (TPSA) is 35.2 Å². The molecule has 0 aromatic heterocycles. The molecule has 0 fully saturated rings. The van der Waals surface area contributed by atoms with Gasteiger partial charge in [0.05, 0.1) is 5.02 Å². The highest BCUT2D eigenvalue weighted by Gasteiger charge is 2.12. The van der Waals surface area contributed by atoms with Crippen molar-refractivity contribution in [2.75, 3.05) is 0 Å². The first-order chi connectivity index (χ1) is 10.0. The molecule has 0 spiro atoms. The molecule has 0 saturated carbocycles. The summed E-state index contributed by atoms with van der Waals surface area (Å²) in [6.07, 6.45) is 1.07. The number of para-hydroxylation sites is 1. The predicted molar refractivity (Wildman–Crippen MR) is 89.3 cm³/mol.